The van der Waals surface area contributed by atoms with E-state index in [0.717, 1.165) is 18.0 Å². The largest absolute Gasteiger partial charge is 0.494 e. The van der Waals surface area contributed by atoms with Gasteiger partial charge in [0.15, 0.2) is 0 Å². The number of nitrogens with zero attached hydrogens (tertiary/aromatic N) is 2. The molecule has 0 radical (unpaired) electrons. The smallest absolute Gasteiger partial charge is 0.243 e. The van der Waals surface area contributed by atoms with E-state index in [0.29, 0.717) is 44.3 Å². The van der Waals surface area contributed by atoms with Gasteiger partial charge in [-0.25, -0.2) is 8.42 Å². The molecular formula is C20H26N2O4S. The van der Waals surface area contributed by atoms with Crippen molar-refractivity contribution in [2.24, 2.45) is 0 Å². The molecule has 0 amide bonds. The number of ether oxygens (including phenoxy) is 2. The third kappa shape index (κ3) is 5.22. The van der Waals surface area contributed by atoms with E-state index in [1.165, 1.54) is 0 Å². The van der Waals surface area contributed by atoms with Gasteiger partial charge in [-0.1, -0.05) is 18.2 Å². The molecule has 3 rings (SSSR count). The van der Waals surface area contributed by atoms with Gasteiger partial charge in [-0.15, -0.1) is 0 Å². The van der Waals surface area contributed by atoms with Gasteiger partial charge in [-0.2, -0.15) is 4.31 Å². The van der Waals surface area contributed by atoms with Crippen LogP contribution in [0.2, 0.25) is 0 Å². The van der Waals surface area contributed by atoms with Gasteiger partial charge in [-0.3, -0.25) is 4.90 Å². The minimum atomic E-state index is -3.39. The lowest BCUT2D eigenvalue weighted by molar-refractivity contribution is 0.159. The van der Waals surface area contributed by atoms with Gasteiger partial charge in [0.2, 0.25) is 10.0 Å². The maximum atomic E-state index is 12.6. The minimum absolute atomic E-state index is 0.359. The Morgan fingerprint density at radius 1 is 0.852 bits per heavy atom. The summed E-state index contributed by atoms with van der Waals surface area (Å²) in [6, 6.07) is 16.2. The molecule has 6 nitrogen and oxygen atoms in total. The van der Waals surface area contributed by atoms with Gasteiger partial charge in [0.1, 0.15) is 18.1 Å². The molecule has 0 saturated carbocycles. The maximum absolute atomic E-state index is 12.6. The Labute approximate surface area is 161 Å². The molecule has 1 fully saturated rings. The van der Waals surface area contributed by atoms with Gasteiger partial charge in [0.25, 0.3) is 0 Å². The molecule has 0 atom stereocenters. The van der Waals surface area contributed by atoms with Crippen molar-refractivity contribution in [2.45, 2.75) is 11.8 Å². The standard InChI is InChI=1S/C20H26N2O4S/c1-2-25-18-8-10-19(11-9-18)26-17-16-21-12-14-22(15-13-21)27(23,24)20-6-4-3-5-7-20/h3-11H,2,12-17H2,1H3. The van der Waals surface area contributed by atoms with Crippen LogP contribution in [0.15, 0.2) is 59.5 Å². The molecule has 0 N–H and O–H groups in total. The Balaban J connectivity index is 1.43. The van der Waals surface area contributed by atoms with Crippen LogP contribution in [-0.4, -0.2) is 63.6 Å². The van der Waals surface area contributed by atoms with Crippen molar-refractivity contribution in [2.75, 3.05) is 45.9 Å². The maximum Gasteiger partial charge on any atom is 0.243 e. The van der Waals surface area contributed by atoms with Crippen LogP contribution in [-0.2, 0) is 10.0 Å². The van der Waals surface area contributed by atoms with Crippen LogP contribution in [0.5, 0.6) is 11.5 Å². The van der Waals surface area contributed by atoms with Crippen molar-refractivity contribution >= 4 is 10.0 Å². The molecule has 0 aromatic heterocycles. The topological polar surface area (TPSA) is 59.1 Å². The fourth-order valence-electron chi connectivity index (χ4n) is 3.03. The van der Waals surface area contributed by atoms with E-state index in [4.69, 9.17) is 9.47 Å². The zero-order valence-electron chi connectivity index (χ0n) is 15.6. The zero-order valence-corrected chi connectivity index (χ0v) is 16.4. The molecule has 1 aliphatic rings. The Hall–Kier alpha value is -2.09. The molecule has 2 aromatic rings. The van der Waals surface area contributed by atoms with Crippen molar-refractivity contribution in [3.8, 4) is 11.5 Å². The van der Waals surface area contributed by atoms with Crippen molar-refractivity contribution in [3.63, 3.8) is 0 Å². The molecule has 1 heterocycles. The summed E-state index contributed by atoms with van der Waals surface area (Å²) in [6.07, 6.45) is 0. The van der Waals surface area contributed by atoms with E-state index in [9.17, 15) is 8.42 Å². The van der Waals surface area contributed by atoms with E-state index in [2.05, 4.69) is 4.90 Å². The molecule has 1 saturated heterocycles. The summed E-state index contributed by atoms with van der Waals surface area (Å²) in [5.41, 5.74) is 0. The van der Waals surface area contributed by atoms with Crippen molar-refractivity contribution in [3.05, 3.63) is 54.6 Å². The van der Waals surface area contributed by atoms with Crippen LogP contribution >= 0.6 is 0 Å². The zero-order chi connectivity index (χ0) is 19.1. The molecule has 0 aliphatic carbocycles. The monoisotopic (exact) mass is 390 g/mol. The molecule has 2 aromatic carbocycles. The summed E-state index contributed by atoms with van der Waals surface area (Å²) in [6.45, 7) is 6.35. The number of hydrogen-bond donors (Lipinski definition) is 0. The van der Waals surface area contributed by atoms with Crippen LogP contribution in [0.25, 0.3) is 0 Å². The van der Waals surface area contributed by atoms with Crippen molar-refractivity contribution in [1.29, 1.82) is 0 Å². The second-order valence-corrected chi connectivity index (χ2v) is 8.25. The third-order valence-electron chi connectivity index (χ3n) is 4.52. The highest BCUT2D eigenvalue weighted by molar-refractivity contribution is 7.89. The van der Waals surface area contributed by atoms with E-state index >= 15 is 0 Å². The first-order chi connectivity index (χ1) is 13.1. The quantitative estimate of drug-likeness (QED) is 0.693. The normalized spacial score (nSPS) is 16.2. The molecule has 146 valence electrons. The summed E-state index contributed by atoms with van der Waals surface area (Å²) in [5.74, 6) is 1.64. The first-order valence-electron chi connectivity index (χ1n) is 9.23. The Bertz CT molecular complexity index is 802. The predicted octanol–water partition coefficient (Wildman–Crippen LogP) is 2.47. The predicted molar refractivity (Wildman–Crippen MR) is 105 cm³/mol. The lowest BCUT2D eigenvalue weighted by atomic mass is 10.3. The van der Waals surface area contributed by atoms with E-state index in [1.54, 1.807) is 28.6 Å². The number of benzene rings is 2. The van der Waals surface area contributed by atoms with E-state index in [-0.39, 0.29) is 0 Å². The summed E-state index contributed by atoms with van der Waals surface area (Å²) >= 11 is 0. The van der Waals surface area contributed by atoms with Gasteiger partial charge in [0.05, 0.1) is 11.5 Å². The highest BCUT2D eigenvalue weighted by atomic mass is 32.2. The fraction of sp³-hybridized carbons (Fsp3) is 0.400. The lowest BCUT2D eigenvalue weighted by Crippen LogP contribution is -2.49. The molecular weight excluding hydrogens is 364 g/mol. The van der Waals surface area contributed by atoms with Crippen molar-refractivity contribution < 1.29 is 17.9 Å². The molecule has 0 unspecified atom stereocenters. The highest BCUT2D eigenvalue weighted by Gasteiger charge is 2.28. The second-order valence-electron chi connectivity index (χ2n) is 6.31. The fourth-order valence-corrected chi connectivity index (χ4v) is 4.47. The van der Waals surface area contributed by atoms with Crippen LogP contribution in [0, 0.1) is 0 Å². The lowest BCUT2D eigenvalue weighted by Gasteiger charge is -2.33. The first-order valence-corrected chi connectivity index (χ1v) is 10.7. The van der Waals surface area contributed by atoms with E-state index in [1.807, 2.05) is 37.3 Å². The summed E-state index contributed by atoms with van der Waals surface area (Å²) in [7, 11) is -3.39. The Kier molecular flexibility index (Phi) is 6.71. The summed E-state index contributed by atoms with van der Waals surface area (Å²) < 4.78 is 38.0. The third-order valence-corrected chi connectivity index (χ3v) is 6.44. The molecule has 1 aliphatic heterocycles. The molecule has 27 heavy (non-hydrogen) atoms. The van der Waals surface area contributed by atoms with Gasteiger partial charge < -0.3 is 9.47 Å². The average Bonchev–Trinajstić information content (AvgIpc) is 2.71. The SMILES string of the molecule is CCOc1ccc(OCCN2CCN(S(=O)(=O)c3ccccc3)CC2)cc1. The molecule has 0 bridgehead atoms. The number of sulfonamides is 1. The summed E-state index contributed by atoms with van der Waals surface area (Å²) in [5, 5.41) is 0. The van der Waals surface area contributed by atoms with Gasteiger partial charge in [-0.05, 0) is 43.3 Å². The van der Waals surface area contributed by atoms with Gasteiger partial charge in [0, 0.05) is 32.7 Å². The van der Waals surface area contributed by atoms with Crippen LogP contribution in [0.4, 0.5) is 0 Å². The van der Waals surface area contributed by atoms with Crippen LogP contribution in [0.3, 0.4) is 0 Å². The first kappa shape index (κ1) is 19.7. The number of rotatable bonds is 8. The Morgan fingerprint density at radius 3 is 2.04 bits per heavy atom. The van der Waals surface area contributed by atoms with Crippen molar-refractivity contribution in [1.82, 2.24) is 9.21 Å². The highest BCUT2D eigenvalue weighted by Crippen LogP contribution is 2.19. The molecule has 0 spiro atoms. The Morgan fingerprint density at radius 2 is 1.44 bits per heavy atom. The van der Waals surface area contributed by atoms with Crippen LogP contribution in [0.1, 0.15) is 6.92 Å². The van der Waals surface area contributed by atoms with Gasteiger partial charge >= 0.3 is 0 Å². The average molecular weight is 391 g/mol. The number of piperazine rings is 1. The molecule has 7 heteroatoms. The summed E-state index contributed by atoms with van der Waals surface area (Å²) in [4.78, 5) is 2.59. The van der Waals surface area contributed by atoms with E-state index < -0.39 is 10.0 Å². The van der Waals surface area contributed by atoms with Crippen LogP contribution < -0.4 is 9.47 Å². The second kappa shape index (κ2) is 9.21. The minimum Gasteiger partial charge on any atom is -0.494 e. The number of hydrogen-bond acceptors (Lipinski definition) is 5.